The Hall–Kier alpha value is -4.26. The zero-order valence-corrected chi connectivity index (χ0v) is 23.4. The molecule has 7 heteroatoms. The molecule has 0 saturated heterocycles. The number of aromatic hydroxyl groups is 1. The van der Waals surface area contributed by atoms with Crippen molar-refractivity contribution in [1.82, 2.24) is 10.2 Å². The minimum Gasteiger partial charge on any atom is -0.508 e. The van der Waals surface area contributed by atoms with Crippen LogP contribution in [0.1, 0.15) is 43.2 Å². The van der Waals surface area contributed by atoms with Gasteiger partial charge in [0.05, 0.1) is 18.4 Å². The van der Waals surface area contributed by atoms with Gasteiger partial charge in [0, 0.05) is 49.8 Å². The number of phenols is 1. The second kappa shape index (κ2) is 13.5. The molecule has 1 aliphatic carbocycles. The fourth-order valence-electron chi connectivity index (χ4n) is 4.67. The van der Waals surface area contributed by atoms with Crippen LogP contribution in [0.3, 0.4) is 0 Å². The van der Waals surface area contributed by atoms with E-state index in [1.807, 2.05) is 69.2 Å². The lowest BCUT2D eigenvalue weighted by Gasteiger charge is -2.32. The molecule has 0 aromatic heterocycles. The van der Waals surface area contributed by atoms with Crippen LogP contribution < -0.4 is 10.1 Å². The molecule has 1 atom stereocenters. The Kier molecular flexibility index (Phi) is 10.1. The Labute approximate surface area is 231 Å². The molecular weight excluding hydrogens is 492 g/mol. The highest BCUT2D eigenvalue weighted by Gasteiger charge is 2.34. The van der Waals surface area contributed by atoms with Crippen molar-refractivity contribution in [1.29, 1.82) is 0 Å². The van der Waals surface area contributed by atoms with Gasteiger partial charge < -0.3 is 24.8 Å². The van der Waals surface area contributed by atoms with Crippen LogP contribution in [0.25, 0.3) is 0 Å². The third-order valence-corrected chi connectivity index (χ3v) is 6.79. The molecule has 2 aromatic rings. The molecule has 2 N–H and O–H groups in total. The number of para-hydroxylation sites is 1. The zero-order valence-electron chi connectivity index (χ0n) is 23.4. The van der Waals surface area contributed by atoms with E-state index in [2.05, 4.69) is 11.9 Å². The predicted molar refractivity (Wildman–Crippen MR) is 153 cm³/mol. The Balaban J connectivity index is 0.000000449. The van der Waals surface area contributed by atoms with Crippen molar-refractivity contribution < 1.29 is 24.2 Å². The number of rotatable bonds is 7. The van der Waals surface area contributed by atoms with Gasteiger partial charge in [0.2, 0.25) is 0 Å². The van der Waals surface area contributed by atoms with E-state index in [1.54, 1.807) is 31.4 Å². The number of likely N-dealkylation sites (N-methyl/N-ethyl adjacent to an activating group) is 1. The van der Waals surface area contributed by atoms with E-state index in [-0.39, 0.29) is 18.3 Å². The van der Waals surface area contributed by atoms with Gasteiger partial charge >= 0.3 is 5.97 Å². The third-order valence-electron chi connectivity index (χ3n) is 6.79. The molecule has 4 rings (SSSR count). The topological polar surface area (TPSA) is 88.1 Å². The Bertz CT molecular complexity index is 1300. The number of hydrogen-bond donors (Lipinski definition) is 2. The Morgan fingerprint density at radius 2 is 1.90 bits per heavy atom. The predicted octanol–water partition coefficient (Wildman–Crippen LogP) is 5.54. The quantitative estimate of drug-likeness (QED) is 0.359. The maximum absolute atomic E-state index is 13.0. The number of carbonyl (C=O) groups is 2. The monoisotopic (exact) mass is 530 g/mol. The van der Waals surface area contributed by atoms with Crippen molar-refractivity contribution in [3.63, 3.8) is 0 Å². The van der Waals surface area contributed by atoms with Crippen LogP contribution in [-0.2, 0) is 14.3 Å². The highest BCUT2D eigenvalue weighted by atomic mass is 16.5. The summed E-state index contributed by atoms with van der Waals surface area (Å²) in [6.07, 6.45) is 4.86. The number of hydrogen-bond acceptors (Lipinski definition) is 7. The number of phenolic OH excluding ortho intramolecular Hbond substituents is 1. The summed E-state index contributed by atoms with van der Waals surface area (Å²) in [6.45, 7) is 7.63. The third kappa shape index (κ3) is 7.63. The molecular formula is C32H38N2O5. The number of methoxy groups -OCH3 is 1. The summed E-state index contributed by atoms with van der Waals surface area (Å²) in [4.78, 5) is 27.6. The molecule has 39 heavy (non-hydrogen) atoms. The highest BCUT2D eigenvalue weighted by Crippen LogP contribution is 2.41. The van der Waals surface area contributed by atoms with Gasteiger partial charge in [0.25, 0.3) is 0 Å². The van der Waals surface area contributed by atoms with E-state index in [1.165, 1.54) is 0 Å². The summed E-state index contributed by atoms with van der Waals surface area (Å²) in [7, 11) is 5.40. The van der Waals surface area contributed by atoms with Crippen molar-refractivity contribution in [2.75, 3.05) is 27.8 Å². The van der Waals surface area contributed by atoms with Crippen LogP contribution >= 0.6 is 0 Å². The first kappa shape index (κ1) is 29.3. The number of dihydropyridines is 1. The van der Waals surface area contributed by atoms with Gasteiger partial charge in [-0.2, -0.15) is 0 Å². The first-order valence-electron chi connectivity index (χ1n) is 12.9. The number of nitrogens with one attached hydrogen (secondary N) is 1. The first-order chi connectivity index (χ1) is 18.6. The summed E-state index contributed by atoms with van der Waals surface area (Å²) in [6, 6.07) is 15.0. The summed E-state index contributed by atoms with van der Waals surface area (Å²) in [5.74, 6) is 0.824. The first-order valence-corrected chi connectivity index (χ1v) is 12.9. The molecule has 206 valence electrons. The Morgan fingerprint density at radius 3 is 2.51 bits per heavy atom. The van der Waals surface area contributed by atoms with Gasteiger partial charge in [-0.05, 0) is 55.7 Å². The maximum Gasteiger partial charge on any atom is 0.336 e. The second-order valence-corrected chi connectivity index (χ2v) is 9.84. The van der Waals surface area contributed by atoms with E-state index in [9.17, 15) is 9.59 Å². The highest BCUT2D eigenvalue weighted by molar-refractivity contribution is 6.01. The van der Waals surface area contributed by atoms with Crippen LogP contribution in [0.5, 0.6) is 11.5 Å². The van der Waals surface area contributed by atoms with Crippen molar-refractivity contribution in [3.05, 3.63) is 107 Å². The average Bonchev–Trinajstić information content (AvgIpc) is 2.90. The van der Waals surface area contributed by atoms with Gasteiger partial charge in [0.15, 0.2) is 5.78 Å². The van der Waals surface area contributed by atoms with Crippen LogP contribution in [0, 0.1) is 6.92 Å². The summed E-state index contributed by atoms with van der Waals surface area (Å²) >= 11 is 0. The number of benzene rings is 2. The fraction of sp³-hybridized carbons (Fsp3) is 0.312. The molecule has 0 amide bonds. The number of allylic oxidation sites excluding steroid dienone is 5. The lowest BCUT2D eigenvalue weighted by atomic mass is 9.78. The molecule has 0 spiro atoms. The van der Waals surface area contributed by atoms with Gasteiger partial charge in [-0.3, -0.25) is 4.79 Å². The molecule has 0 saturated carbocycles. The molecule has 1 heterocycles. The van der Waals surface area contributed by atoms with E-state index in [4.69, 9.17) is 14.6 Å². The lowest BCUT2D eigenvalue weighted by Crippen LogP contribution is -2.32. The smallest absolute Gasteiger partial charge is 0.336 e. The average molecular weight is 531 g/mol. The molecule has 1 aliphatic heterocycles. The minimum absolute atomic E-state index is 0.0443. The van der Waals surface area contributed by atoms with E-state index in [0.29, 0.717) is 36.2 Å². The molecule has 0 fully saturated rings. The van der Waals surface area contributed by atoms with E-state index < -0.39 is 5.97 Å². The number of Topliss-reactive ketones (excluding diaryl/α,β-unsaturated/α-hetero) is 1. The van der Waals surface area contributed by atoms with Crippen molar-refractivity contribution in [3.8, 4) is 11.5 Å². The standard InChI is InChI=1S/C25H30N2O4.C7H8O/c1-6-9-18(27(3)4)15-31-25(29)20-14-21-22(26-16(20)2)12-17(13-23(21)28)19-10-7-8-11-24(19)30-5;1-6-3-2-4-7(8)5-6/h6-11,17,26H,1,12-15H2,2-5H3;2-5,8H,1H3/b18-9-;/t17-;/m1./s1. The van der Waals surface area contributed by atoms with Gasteiger partial charge in [-0.1, -0.05) is 43.0 Å². The molecule has 0 radical (unpaired) electrons. The number of nitrogens with zero attached hydrogens (tertiary/aromatic N) is 1. The fourth-order valence-corrected chi connectivity index (χ4v) is 4.67. The SMILES string of the molecule is C=C/C=C(/COC(=O)C1=C(C)NC2=C(C1)C(=O)C[C@H](c1ccccc1OC)C2)N(C)C.Cc1cccc(O)c1. The second-order valence-electron chi connectivity index (χ2n) is 9.84. The minimum atomic E-state index is -0.409. The summed E-state index contributed by atoms with van der Waals surface area (Å²) in [5, 5.41) is 12.1. The van der Waals surface area contributed by atoms with Crippen LogP contribution in [0.4, 0.5) is 0 Å². The van der Waals surface area contributed by atoms with Crippen molar-refractivity contribution in [2.24, 2.45) is 0 Å². The van der Waals surface area contributed by atoms with Crippen LogP contribution in [0.15, 0.2) is 95.5 Å². The van der Waals surface area contributed by atoms with Gasteiger partial charge in [0.1, 0.15) is 18.1 Å². The number of ether oxygens (including phenoxy) is 2. The van der Waals surface area contributed by atoms with Crippen LogP contribution in [0.2, 0.25) is 0 Å². The zero-order chi connectivity index (χ0) is 28.5. The van der Waals surface area contributed by atoms with Gasteiger partial charge in [-0.25, -0.2) is 4.79 Å². The number of aryl methyl sites for hydroxylation is 1. The summed E-state index contributed by atoms with van der Waals surface area (Å²) < 4.78 is 11.0. The summed E-state index contributed by atoms with van der Waals surface area (Å²) in [5.41, 5.74) is 5.75. The number of carbonyl (C=O) groups excluding carboxylic acids is 2. The van der Waals surface area contributed by atoms with Crippen molar-refractivity contribution >= 4 is 11.8 Å². The van der Waals surface area contributed by atoms with Gasteiger partial charge in [-0.15, -0.1) is 0 Å². The molecule has 0 bridgehead atoms. The molecule has 2 aromatic carbocycles. The largest absolute Gasteiger partial charge is 0.508 e. The van der Waals surface area contributed by atoms with E-state index in [0.717, 1.165) is 34.0 Å². The van der Waals surface area contributed by atoms with Crippen LogP contribution in [-0.4, -0.2) is 49.6 Å². The van der Waals surface area contributed by atoms with E-state index >= 15 is 0 Å². The molecule has 2 aliphatic rings. The lowest BCUT2D eigenvalue weighted by molar-refractivity contribution is -0.138. The normalized spacial score (nSPS) is 16.9. The molecule has 7 nitrogen and oxygen atoms in total. The Morgan fingerprint density at radius 1 is 1.15 bits per heavy atom. The maximum atomic E-state index is 13.0. The molecule has 0 unspecified atom stereocenters. The van der Waals surface area contributed by atoms with Crippen molar-refractivity contribution in [2.45, 2.75) is 39.0 Å². The number of ketones is 1. The number of esters is 1.